The van der Waals surface area contributed by atoms with Crippen LogP contribution in [0.25, 0.3) is 33.6 Å². The van der Waals surface area contributed by atoms with Crippen molar-refractivity contribution in [3.05, 3.63) is 81.8 Å². The fourth-order valence-electron chi connectivity index (χ4n) is 5.70. The predicted molar refractivity (Wildman–Crippen MR) is 176 cm³/mol. The van der Waals surface area contributed by atoms with E-state index in [0.717, 1.165) is 65.6 Å². The number of ether oxygens (including phenoxy) is 2. The second-order valence-corrected chi connectivity index (χ2v) is 11.8. The number of halogens is 2. The summed E-state index contributed by atoms with van der Waals surface area (Å²) in [6.45, 7) is 1.55. The van der Waals surface area contributed by atoms with E-state index in [1.54, 1.807) is 14.2 Å². The highest BCUT2D eigenvalue weighted by molar-refractivity contribution is 6.39. The van der Waals surface area contributed by atoms with Crippen LogP contribution < -0.4 is 14.8 Å². The second kappa shape index (κ2) is 15.0. The molecule has 1 atom stereocenters. The van der Waals surface area contributed by atoms with E-state index < -0.39 is 0 Å². The van der Waals surface area contributed by atoms with Gasteiger partial charge < -0.3 is 19.9 Å². The molecule has 0 unspecified atom stereocenters. The number of carbonyl (C=O) groups is 1. The van der Waals surface area contributed by atoms with Crippen molar-refractivity contribution in [1.29, 1.82) is 0 Å². The maximum Gasteiger partial charge on any atom is 0.218 e. The van der Waals surface area contributed by atoms with Crippen molar-refractivity contribution in [2.24, 2.45) is 5.92 Å². The zero-order chi connectivity index (χ0) is 31.1. The number of Topliss-reactive ketones (excluding diaryl/α,β-unsaturated/α-hetero) is 1. The molecule has 0 aliphatic heterocycles. The molecule has 2 aromatic carbocycles. The van der Waals surface area contributed by atoms with Gasteiger partial charge in [-0.2, -0.15) is 0 Å². The molecule has 0 saturated heterocycles. The monoisotopic (exact) mass is 633 g/mol. The van der Waals surface area contributed by atoms with Crippen molar-refractivity contribution >= 4 is 29.0 Å². The normalized spacial score (nSPS) is 14.7. The number of hydrogen-bond acceptors (Lipinski definition) is 7. The molecular formula is C35H37Cl2N3O4. The van der Waals surface area contributed by atoms with Gasteiger partial charge in [0.15, 0.2) is 0 Å². The number of nitrogens with one attached hydrogen (secondary N) is 1. The highest BCUT2D eigenvalue weighted by atomic mass is 35.5. The topological polar surface area (TPSA) is 93.6 Å². The Bertz CT molecular complexity index is 1630. The van der Waals surface area contributed by atoms with Crippen LogP contribution >= 0.6 is 23.2 Å². The first-order chi connectivity index (χ1) is 21.4. The molecule has 4 aromatic rings. The van der Waals surface area contributed by atoms with Gasteiger partial charge in [0.05, 0.1) is 35.7 Å². The van der Waals surface area contributed by atoms with Crippen LogP contribution in [0.5, 0.6) is 11.8 Å². The van der Waals surface area contributed by atoms with Gasteiger partial charge in [-0.15, -0.1) is 0 Å². The molecule has 2 N–H and O–H groups in total. The molecule has 44 heavy (non-hydrogen) atoms. The lowest BCUT2D eigenvalue weighted by Gasteiger charge is -2.16. The van der Waals surface area contributed by atoms with E-state index >= 15 is 0 Å². The average Bonchev–Trinajstić information content (AvgIpc) is 3.46. The molecule has 0 bridgehead atoms. The minimum atomic E-state index is 0.164. The van der Waals surface area contributed by atoms with Crippen molar-refractivity contribution < 1.29 is 19.4 Å². The minimum Gasteiger partial charge on any atom is -0.481 e. The number of rotatable bonds is 13. The third-order valence-corrected chi connectivity index (χ3v) is 8.87. The van der Waals surface area contributed by atoms with Gasteiger partial charge in [-0.3, -0.25) is 4.79 Å². The maximum atomic E-state index is 11.6. The minimum absolute atomic E-state index is 0.164. The fraction of sp³-hybridized carbons (Fsp3) is 0.343. The summed E-state index contributed by atoms with van der Waals surface area (Å²) in [6.07, 6.45) is 4.64. The molecule has 1 saturated carbocycles. The van der Waals surface area contributed by atoms with E-state index in [9.17, 15) is 4.79 Å². The molecule has 1 fully saturated rings. The SMILES string of the molecule is COc1nc(-c2cccc(-c3cccc(-c4ccc(CNC[C@@H]5CCC(=O)C5)c(OC)n4)c3Cl)c2Cl)ccc1CCCCO. The van der Waals surface area contributed by atoms with Crippen molar-refractivity contribution in [2.75, 3.05) is 27.4 Å². The summed E-state index contributed by atoms with van der Waals surface area (Å²) >= 11 is 14.1. The van der Waals surface area contributed by atoms with Crippen molar-refractivity contribution in [3.8, 4) is 45.4 Å². The van der Waals surface area contributed by atoms with Crippen molar-refractivity contribution in [1.82, 2.24) is 15.3 Å². The number of carbonyl (C=O) groups excluding carboxylic acids is 1. The molecular weight excluding hydrogens is 597 g/mol. The van der Waals surface area contributed by atoms with Crippen LogP contribution in [0.4, 0.5) is 0 Å². The van der Waals surface area contributed by atoms with Gasteiger partial charge in [0.2, 0.25) is 11.8 Å². The molecule has 0 amide bonds. The van der Waals surface area contributed by atoms with Gasteiger partial charge in [0.25, 0.3) is 0 Å². The van der Waals surface area contributed by atoms with E-state index in [0.29, 0.717) is 64.3 Å². The van der Waals surface area contributed by atoms with Crippen LogP contribution in [0.3, 0.4) is 0 Å². The molecule has 7 nitrogen and oxygen atoms in total. The Kier molecular flexibility index (Phi) is 10.9. The number of aliphatic hydroxyl groups is 1. The van der Waals surface area contributed by atoms with Crippen LogP contribution in [0.15, 0.2) is 60.7 Å². The Morgan fingerprint density at radius 2 is 1.39 bits per heavy atom. The maximum absolute atomic E-state index is 11.6. The standard InChI is InChI=1S/C35H37Cl2N3O4/c1-43-34-23(7-3-4-18-41)13-16-30(39-34)28-10-5-8-26(32(28)36)27-9-6-11-29(33(27)37)31-17-14-24(35(40-31)44-2)21-38-20-22-12-15-25(42)19-22/h5-6,8-11,13-14,16-17,22,38,41H,3-4,7,12,15,18-21H2,1-2H3/t22-/m1/s1. The quantitative estimate of drug-likeness (QED) is 0.147. The Hall–Kier alpha value is -3.49. The number of hydrogen-bond donors (Lipinski definition) is 2. The largest absolute Gasteiger partial charge is 0.481 e. The summed E-state index contributed by atoms with van der Waals surface area (Å²) in [6, 6.07) is 19.5. The van der Waals surface area contributed by atoms with Crippen molar-refractivity contribution in [2.45, 2.75) is 45.1 Å². The van der Waals surface area contributed by atoms with Crippen molar-refractivity contribution in [3.63, 3.8) is 0 Å². The summed E-state index contributed by atoms with van der Waals surface area (Å²) in [5, 5.41) is 13.6. The van der Waals surface area contributed by atoms with Gasteiger partial charge in [-0.1, -0.05) is 71.7 Å². The molecule has 5 rings (SSSR count). The number of aromatic nitrogens is 2. The number of nitrogens with zero attached hydrogens (tertiary/aromatic N) is 2. The van der Waals surface area contributed by atoms with E-state index in [-0.39, 0.29) is 6.61 Å². The zero-order valence-corrected chi connectivity index (χ0v) is 26.5. The van der Waals surface area contributed by atoms with Crippen LogP contribution in [0, 0.1) is 5.92 Å². The first-order valence-corrected chi connectivity index (χ1v) is 15.7. The Balaban J connectivity index is 1.40. The second-order valence-electron chi connectivity index (χ2n) is 11.0. The number of pyridine rings is 2. The van der Waals surface area contributed by atoms with E-state index in [1.165, 1.54) is 0 Å². The Labute approximate surface area is 268 Å². The Morgan fingerprint density at radius 3 is 1.93 bits per heavy atom. The molecule has 1 aliphatic carbocycles. The summed E-state index contributed by atoms with van der Waals surface area (Å²) in [5.74, 6) is 1.82. The molecule has 2 aromatic heterocycles. The predicted octanol–water partition coefficient (Wildman–Crippen LogP) is 7.58. The molecule has 0 radical (unpaired) electrons. The van der Waals surface area contributed by atoms with Crippen LogP contribution in [-0.4, -0.2) is 48.2 Å². The average molecular weight is 635 g/mol. The van der Waals surface area contributed by atoms with Gasteiger partial charge in [-0.05, 0) is 50.3 Å². The summed E-state index contributed by atoms with van der Waals surface area (Å²) < 4.78 is 11.2. The summed E-state index contributed by atoms with van der Waals surface area (Å²) in [4.78, 5) is 21.1. The lowest BCUT2D eigenvalue weighted by molar-refractivity contribution is -0.117. The van der Waals surface area contributed by atoms with E-state index in [4.69, 9.17) is 47.8 Å². The molecule has 230 valence electrons. The number of unbranched alkanes of at least 4 members (excludes halogenated alkanes) is 1. The number of ketones is 1. The van der Waals surface area contributed by atoms with Crippen LogP contribution in [0.1, 0.15) is 43.2 Å². The van der Waals surface area contributed by atoms with Gasteiger partial charge in [0.1, 0.15) is 5.78 Å². The smallest absolute Gasteiger partial charge is 0.218 e. The number of aliphatic hydroxyl groups excluding tert-OH is 1. The molecule has 1 aliphatic rings. The number of benzene rings is 2. The number of aryl methyl sites for hydroxylation is 1. The number of methoxy groups -OCH3 is 2. The highest BCUT2D eigenvalue weighted by Gasteiger charge is 2.22. The van der Waals surface area contributed by atoms with Crippen LogP contribution in [-0.2, 0) is 17.8 Å². The lowest BCUT2D eigenvalue weighted by atomic mass is 9.98. The molecule has 2 heterocycles. The first kappa shape index (κ1) is 31.9. The van der Waals surface area contributed by atoms with Crippen LogP contribution in [0.2, 0.25) is 10.0 Å². The van der Waals surface area contributed by atoms with E-state index in [2.05, 4.69) is 5.32 Å². The van der Waals surface area contributed by atoms with E-state index in [1.807, 2.05) is 60.7 Å². The van der Waals surface area contributed by atoms with Gasteiger partial charge in [0, 0.05) is 59.4 Å². The summed E-state index contributed by atoms with van der Waals surface area (Å²) in [7, 11) is 3.22. The molecule has 9 heteroatoms. The first-order valence-electron chi connectivity index (χ1n) is 14.9. The highest BCUT2D eigenvalue weighted by Crippen LogP contribution is 2.42. The Morgan fingerprint density at radius 1 is 0.818 bits per heavy atom. The fourth-order valence-corrected chi connectivity index (χ4v) is 6.35. The third-order valence-electron chi connectivity index (χ3n) is 8.05. The summed E-state index contributed by atoms with van der Waals surface area (Å²) in [5.41, 5.74) is 6.40. The zero-order valence-electron chi connectivity index (χ0n) is 25.0. The lowest BCUT2D eigenvalue weighted by Crippen LogP contribution is -2.21. The third kappa shape index (κ3) is 7.24. The van der Waals surface area contributed by atoms with Gasteiger partial charge >= 0.3 is 0 Å². The molecule has 0 spiro atoms. The van der Waals surface area contributed by atoms with Gasteiger partial charge in [-0.25, -0.2) is 9.97 Å².